The van der Waals surface area contributed by atoms with E-state index >= 15 is 0 Å². The number of phenolic OH excluding ortho intramolecular Hbond substituents is 1. The van der Waals surface area contributed by atoms with E-state index in [9.17, 15) is 18.3 Å². The summed E-state index contributed by atoms with van der Waals surface area (Å²) in [6.07, 6.45) is 3.12. The number of thiazole rings is 2. The van der Waals surface area contributed by atoms with Crippen LogP contribution < -0.4 is 4.74 Å². The van der Waals surface area contributed by atoms with Crippen LogP contribution in [-0.2, 0) is 6.61 Å². The number of benzene rings is 1. The molecule has 3 aromatic heterocycles. The molecule has 0 amide bonds. The van der Waals surface area contributed by atoms with Gasteiger partial charge in [-0.2, -0.15) is 4.39 Å². The standard InChI is InChI=1S/C18H11F3N4O2S2/c1-8-16(29-12(24-8)6-27-18-22-3-2-4-23-18)11-7-28-17(25-11)9-5-10(19)15(26)14(21)13(9)20/h2-5,7,26H,6H2,1H3. The van der Waals surface area contributed by atoms with Crippen molar-refractivity contribution in [1.82, 2.24) is 19.9 Å². The molecule has 0 aliphatic carbocycles. The fraction of sp³-hybridized carbons (Fsp3) is 0.111. The zero-order valence-corrected chi connectivity index (χ0v) is 16.3. The Labute approximate surface area is 170 Å². The van der Waals surface area contributed by atoms with Gasteiger partial charge in [0.05, 0.1) is 21.8 Å². The molecule has 0 aliphatic heterocycles. The number of rotatable bonds is 5. The van der Waals surface area contributed by atoms with Gasteiger partial charge in [0.25, 0.3) is 0 Å². The van der Waals surface area contributed by atoms with Gasteiger partial charge >= 0.3 is 6.01 Å². The van der Waals surface area contributed by atoms with E-state index in [1.54, 1.807) is 30.8 Å². The van der Waals surface area contributed by atoms with Crippen LogP contribution in [0.4, 0.5) is 13.2 Å². The number of aryl methyl sites for hydroxylation is 1. The second kappa shape index (κ2) is 7.76. The molecule has 1 N–H and O–H groups in total. The second-order valence-electron chi connectivity index (χ2n) is 5.76. The lowest BCUT2D eigenvalue weighted by Crippen LogP contribution is -1.98. The van der Waals surface area contributed by atoms with Crippen LogP contribution in [0.25, 0.3) is 21.1 Å². The Kier molecular flexibility index (Phi) is 5.16. The van der Waals surface area contributed by atoms with Gasteiger partial charge in [-0.25, -0.2) is 28.7 Å². The van der Waals surface area contributed by atoms with Gasteiger partial charge in [-0.1, -0.05) is 0 Å². The van der Waals surface area contributed by atoms with Crippen LogP contribution >= 0.6 is 22.7 Å². The predicted molar refractivity (Wildman–Crippen MR) is 101 cm³/mol. The van der Waals surface area contributed by atoms with E-state index in [0.29, 0.717) is 16.4 Å². The SMILES string of the molecule is Cc1nc(COc2ncccn2)sc1-c1csc(-c2cc(F)c(O)c(F)c2F)n1. The summed E-state index contributed by atoms with van der Waals surface area (Å²) in [7, 11) is 0. The van der Waals surface area contributed by atoms with Crippen molar-refractivity contribution in [2.75, 3.05) is 0 Å². The number of aromatic hydroxyl groups is 1. The average Bonchev–Trinajstić information content (AvgIpc) is 3.35. The molecule has 0 aliphatic rings. The summed E-state index contributed by atoms with van der Waals surface area (Å²) in [5.74, 6) is -5.61. The third kappa shape index (κ3) is 3.78. The zero-order valence-electron chi connectivity index (χ0n) is 14.7. The van der Waals surface area contributed by atoms with Crippen molar-refractivity contribution >= 4 is 22.7 Å². The topological polar surface area (TPSA) is 81.0 Å². The van der Waals surface area contributed by atoms with Gasteiger partial charge in [0.1, 0.15) is 16.6 Å². The first kappa shape index (κ1) is 19.3. The van der Waals surface area contributed by atoms with Gasteiger partial charge in [-0.3, -0.25) is 0 Å². The number of halogens is 3. The lowest BCUT2D eigenvalue weighted by Gasteiger charge is -2.03. The largest absolute Gasteiger partial charge is 0.503 e. The molecule has 0 radical (unpaired) electrons. The summed E-state index contributed by atoms with van der Waals surface area (Å²) < 4.78 is 46.8. The van der Waals surface area contributed by atoms with Gasteiger partial charge in [0.2, 0.25) is 5.82 Å². The first-order valence-electron chi connectivity index (χ1n) is 8.13. The maximum Gasteiger partial charge on any atom is 0.316 e. The average molecular weight is 436 g/mol. The van der Waals surface area contributed by atoms with E-state index < -0.39 is 23.2 Å². The van der Waals surface area contributed by atoms with Crippen LogP contribution in [-0.4, -0.2) is 25.0 Å². The molecule has 29 heavy (non-hydrogen) atoms. The Morgan fingerprint density at radius 3 is 2.62 bits per heavy atom. The minimum absolute atomic E-state index is 0.0820. The summed E-state index contributed by atoms with van der Waals surface area (Å²) in [5, 5.41) is 11.6. The van der Waals surface area contributed by atoms with Crippen LogP contribution in [0.1, 0.15) is 10.7 Å². The lowest BCUT2D eigenvalue weighted by molar-refractivity contribution is 0.280. The van der Waals surface area contributed by atoms with Gasteiger partial charge in [-0.15, -0.1) is 22.7 Å². The van der Waals surface area contributed by atoms with Crippen LogP contribution in [0.5, 0.6) is 11.8 Å². The number of nitrogens with zero attached hydrogens (tertiary/aromatic N) is 4. The highest BCUT2D eigenvalue weighted by Crippen LogP contribution is 2.37. The maximum atomic E-state index is 14.1. The van der Waals surface area contributed by atoms with Gasteiger partial charge in [-0.05, 0) is 19.1 Å². The van der Waals surface area contributed by atoms with Gasteiger partial charge < -0.3 is 9.84 Å². The Bertz CT molecular complexity index is 1180. The molecule has 6 nitrogen and oxygen atoms in total. The second-order valence-corrected chi connectivity index (χ2v) is 7.70. The highest BCUT2D eigenvalue weighted by atomic mass is 32.1. The molecule has 0 saturated carbocycles. The Balaban J connectivity index is 1.60. The fourth-order valence-electron chi connectivity index (χ4n) is 2.48. The molecule has 0 saturated heterocycles. The molecule has 0 atom stereocenters. The first-order valence-corrected chi connectivity index (χ1v) is 9.82. The monoisotopic (exact) mass is 436 g/mol. The number of aromatic nitrogens is 4. The minimum atomic E-state index is -1.65. The molecule has 0 bridgehead atoms. The number of phenols is 1. The number of hydrogen-bond donors (Lipinski definition) is 1. The molecule has 11 heteroatoms. The Morgan fingerprint density at radius 2 is 1.86 bits per heavy atom. The summed E-state index contributed by atoms with van der Waals surface area (Å²) >= 11 is 2.35. The molecular weight excluding hydrogens is 425 g/mol. The first-order chi connectivity index (χ1) is 13.9. The van der Waals surface area contributed by atoms with Crippen LogP contribution in [0.3, 0.4) is 0 Å². The van der Waals surface area contributed by atoms with Crippen molar-refractivity contribution in [3.05, 3.63) is 58.1 Å². The van der Waals surface area contributed by atoms with Crippen molar-refractivity contribution in [2.45, 2.75) is 13.5 Å². The fourth-order valence-corrected chi connectivity index (χ4v) is 4.31. The number of hydrogen-bond acceptors (Lipinski definition) is 8. The Morgan fingerprint density at radius 1 is 1.10 bits per heavy atom. The maximum absolute atomic E-state index is 14.1. The molecule has 1 aromatic carbocycles. The van der Waals surface area contributed by atoms with E-state index in [1.165, 1.54) is 11.3 Å². The predicted octanol–water partition coefficient (Wildman–Crippen LogP) is 4.73. The van der Waals surface area contributed by atoms with Gasteiger partial charge in [0.15, 0.2) is 17.4 Å². The Hall–Kier alpha value is -3.05. The number of ether oxygens (including phenoxy) is 1. The molecule has 4 rings (SSSR count). The van der Waals surface area contributed by atoms with Crippen molar-refractivity contribution in [3.63, 3.8) is 0 Å². The third-order valence-electron chi connectivity index (χ3n) is 3.81. The van der Waals surface area contributed by atoms with Crippen molar-refractivity contribution < 1.29 is 23.0 Å². The smallest absolute Gasteiger partial charge is 0.316 e. The highest BCUT2D eigenvalue weighted by molar-refractivity contribution is 7.16. The third-order valence-corrected chi connectivity index (χ3v) is 5.84. The van der Waals surface area contributed by atoms with Crippen molar-refractivity contribution in [2.24, 2.45) is 0 Å². The molecule has 3 heterocycles. The van der Waals surface area contributed by atoms with Gasteiger partial charge in [0, 0.05) is 17.8 Å². The van der Waals surface area contributed by atoms with Crippen LogP contribution in [0.2, 0.25) is 0 Å². The van der Waals surface area contributed by atoms with E-state index in [1.807, 2.05) is 0 Å². The van der Waals surface area contributed by atoms with E-state index in [-0.39, 0.29) is 23.2 Å². The molecule has 0 fully saturated rings. The normalized spacial score (nSPS) is 11.0. The lowest BCUT2D eigenvalue weighted by atomic mass is 10.2. The molecule has 0 spiro atoms. The van der Waals surface area contributed by atoms with Crippen molar-refractivity contribution in [3.8, 4) is 32.9 Å². The minimum Gasteiger partial charge on any atom is -0.503 e. The van der Waals surface area contributed by atoms with E-state index in [4.69, 9.17) is 4.74 Å². The quantitative estimate of drug-likeness (QED) is 0.456. The summed E-state index contributed by atoms with van der Waals surface area (Å²) in [6, 6.07) is 2.62. The highest BCUT2D eigenvalue weighted by Gasteiger charge is 2.22. The summed E-state index contributed by atoms with van der Waals surface area (Å²) in [6.45, 7) is 1.95. The van der Waals surface area contributed by atoms with E-state index in [2.05, 4.69) is 19.9 Å². The molecular formula is C18H11F3N4O2S2. The molecule has 0 unspecified atom stereocenters. The summed E-state index contributed by atoms with van der Waals surface area (Å²) in [5.41, 5.74) is 0.819. The zero-order chi connectivity index (χ0) is 20.5. The van der Waals surface area contributed by atoms with Crippen LogP contribution in [0, 0.1) is 24.4 Å². The summed E-state index contributed by atoms with van der Waals surface area (Å²) in [4.78, 5) is 17.4. The van der Waals surface area contributed by atoms with E-state index in [0.717, 1.165) is 22.3 Å². The molecule has 4 aromatic rings. The van der Waals surface area contributed by atoms with Crippen molar-refractivity contribution in [1.29, 1.82) is 0 Å². The molecule has 148 valence electrons. The van der Waals surface area contributed by atoms with Crippen LogP contribution in [0.15, 0.2) is 29.9 Å².